The highest BCUT2D eigenvalue weighted by Gasteiger charge is 2.27. The Morgan fingerprint density at radius 1 is 1.71 bits per heavy atom. The number of nitrogens with two attached hydrogens (primary N) is 1. The minimum Gasteiger partial charge on any atom is -0.355 e. The fourth-order valence-electron chi connectivity index (χ4n) is 2.22. The lowest BCUT2D eigenvalue weighted by Crippen LogP contribution is -2.46. The van der Waals surface area contributed by atoms with E-state index < -0.39 is 0 Å². The molecule has 1 saturated heterocycles. The fraction of sp³-hybridized carbons (Fsp3) is 0.833. The van der Waals surface area contributed by atoms with Crippen LogP contribution in [0.1, 0.15) is 26.2 Å². The third-order valence-electron chi connectivity index (χ3n) is 3.28. The highest BCUT2D eigenvalue weighted by atomic mass is 16.1. The van der Waals surface area contributed by atoms with Crippen LogP contribution >= 0.6 is 0 Å². The molecule has 0 saturated carbocycles. The highest BCUT2D eigenvalue weighted by Crippen LogP contribution is 2.19. The van der Waals surface area contributed by atoms with Gasteiger partial charge >= 0.3 is 0 Å². The summed E-state index contributed by atoms with van der Waals surface area (Å²) in [5.74, 6) is 0.153. The van der Waals surface area contributed by atoms with E-state index in [4.69, 9.17) is 11.0 Å². The summed E-state index contributed by atoms with van der Waals surface area (Å²) in [5, 5.41) is 11.5. The van der Waals surface area contributed by atoms with E-state index >= 15 is 0 Å². The zero-order valence-corrected chi connectivity index (χ0v) is 10.5. The number of amides is 1. The molecule has 5 nitrogen and oxygen atoms in total. The molecule has 1 amide bonds. The summed E-state index contributed by atoms with van der Waals surface area (Å²) in [7, 11) is 0. The third-order valence-corrected chi connectivity index (χ3v) is 3.28. The second kappa shape index (κ2) is 7.25. The van der Waals surface area contributed by atoms with Crippen LogP contribution in [-0.4, -0.2) is 43.0 Å². The Balaban J connectivity index is 2.43. The van der Waals surface area contributed by atoms with Crippen molar-refractivity contribution in [2.24, 2.45) is 11.7 Å². The van der Waals surface area contributed by atoms with Crippen LogP contribution in [0.4, 0.5) is 0 Å². The predicted molar refractivity (Wildman–Crippen MR) is 66.1 cm³/mol. The van der Waals surface area contributed by atoms with E-state index in [0.717, 1.165) is 25.9 Å². The van der Waals surface area contributed by atoms with Crippen molar-refractivity contribution < 1.29 is 4.79 Å². The molecule has 17 heavy (non-hydrogen) atoms. The number of hydrogen-bond donors (Lipinski definition) is 2. The van der Waals surface area contributed by atoms with Gasteiger partial charge in [-0.15, -0.1) is 0 Å². The Kier molecular flexibility index (Phi) is 5.95. The molecule has 1 aliphatic rings. The summed E-state index contributed by atoms with van der Waals surface area (Å²) in [6.45, 7) is 4.82. The lowest BCUT2D eigenvalue weighted by atomic mass is 9.95. The average molecular weight is 238 g/mol. The van der Waals surface area contributed by atoms with Crippen LogP contribution in [0.3, 0.4) is 0 Å². The summed E-state index contributed by atoms with van der Waals surface area (Å²) in [6.07, 6.45) is 2.49. The largest absolute Gasteiger partial charge is 0.355 e. The Hall–Kier alpha value is -1.12. The van der Waals surface area contributed by atoms with E-state index in [-0.39, 0.29) is 17.9 Å². The number of nitriles is 1. The zero-order chi connectivity index (χ0) is 12.7. The van der Waals surface area contributed by atoms with Gasteiger partial charge in [-0.25, -0.2) is 0 Å². The van der Waals surface area contributed by atoms with Crippen molar-refractivity contribution in [3.8, 4) is 6.07 Å². The average Bonchev–Trinajstić information content (AvgIpc) is 2.36. The molecule has 1 aliphatic heterocycles. The smallest absolute Gasteiger partial charge is 0.224 e. The topological polar surface area (TPSA) is 82.2 Å². The number of rotatable bonds is 5. The van der Waals surface area contributed by atoms with Crippen LogP contribution in [0.2, 0.25) is 0 Å². The van der Waals surface area contributed by atoms with Gasteiger partial charge in [-0.05, 0) is 26.3 Å². The van der Waals surface area contributed by atoms with Crippen LogP contribution < -0.4 is 11.1 Å². The maximum atomic E-state index is 11.8. The standard InChI is InChI=1S/C12H22N4O/c1-10(4-5-13)16-8-2-3-11(9-16)12(17)15-7-6-14/h10-11H,2-4,6-9,14H2,1H3,(H,15,17). The molecular formula is C12H22N4O. The zero-order valence-electron chi connectivity index (χ0n) is 10.5. The van der Waals surface area contributed by atoms with Crippen LogP contribution in [0.25, 0.3) is 0 Å². The minimum atomic E-state index is 0.0523. The van der Waals surface area contributed by atoms with Crippen molar-refractivity contribution in [2.75, 3.05) is 26.2 Å². The molecule has 0 spiro atoms. The number of likely N-dealkylation sites (tertiary alicyclic amines) is 1. The van der Waals surface area contributed by atoms with Gasteiger partial charge in [0.1, 0.15) is 0 Å². The van der Waals surface area contributed by atoms with Gasteiger partial charge in [0.25, 0.3) is 0 Å². The van der Waals surface area contributed by atoms with Gasteiger partial charge in [0, 0.05) is 25.7 Å². The summed E-state index contributed by atoms with van der Waals surface area (Å²) in [5.41, 5.74) is 5.36. The molecule has 0 aromatic rings. The molecule has 0 bridgehead atoms. The minimum absolute atomic E-state index is 0.0523. The maximum Gasteiger partial charge on any atom is 0.224 e. The molecule has 1 fully saturated rings. The molecule has 0 aromatic heterocycles. The van der Waals surface area contributed by atoms with E-state index in [0.29, 0.717) is 19.5 Å². The van der Waals surface area contributed by atoms with Gasteiger partial charge in [-0.3, -0.25) is 9.69 Å². The van der Waals surface area contributed by atoms with Crippen molar-refractivity contribution in [3.63, 3.8) is 0 Å². The van der Waals surface area contributed by atoms with E-state index in [1.54, 1.807) is 0 Å². The second-order valence-corrected chi connectivity index (χ2v) is 4.63. The number of carbonyl (C=O) groups excluding carboxylic acids is 1. The molecule has 2 atom stereocenters. The third kappa shape index (κ3) is 4.33. The molecule has 1 heterocycles. The van der Waals surface area contributed by atoms with Crippen molar-refractivity contribution in [1.29, 1.82) is 5.26 Å². The first-order chi connectivity index (χ1) is 8.19. The van der Waals surface area contributed by atoms with Crippen molar-refractivity contribution in [2.45, 2.75) is 32.2 Å². The van der Waals surface area contributed by atoms with Crippen LogP contribution in [-0.2, 0) is 4.79 Å². The molecule has 96 valence electrons. The van der Waals surface area contributed by atoms with Gasteiger partial charge in [-0.1, -0.05) is 0 Å². The lowest BCUT2D eigenvalue weighted by molar-refractivity contribution is -0.126. The normalized spacial score (nSPS) is 22.8. The highest BCUT2D eigenvalue weighted by molar-refractivity contribution is 5.78. The first-order valence-electron chi connectivity index (χ1n) is 6.27. The Bertz CT molecular complexity index is 287. The summed E-state index contributed by atoms with van der Waals surface area (Å²) in [6, 6.07) is 2.43. The summed E-state index contributed by atoms with van der Waals surface area (Å²) in [4.78, 5) is 14.1. The molecule has 0 aliphatic carbocycles. The van der Waals surface area contributed by atoms with Crippen molar-refractivity contribution in [3.05, 3.63) is 0 Å². The van der Waals surface area contributed by atoms with Crippen molar-refractivity contribution in [1.82, 2.24) is 10.2 Å². The quantitative estimate of drug-likeness (QED) is 0.710. The van der Waals surface area contributed by atoms with Crippen LogP contribution in [0, 0.1) is 17.2 Å². The number of nitrogens with zero attached hydrogens (tertiary/aromatic N) is 2. The molecule has 5 heteroatoms. The molecule has 0 aromatic carbocycles. The number of carbonyl (C=O) groups is 1. The van der Waals surface area contributed by atoms with E-state index in [2.05, 4.69) is 16.3 Å². The Morgan fingerprint density at radius 2 is 2.47 bits per heavy atom. The maximum absolute atomic E-state index is 11.8. The molecule has 2 unspecified atom stereocenters. The number of hydrogen-bond acceptors (Lipinski definition) is 4. The van der Waals surface area contributed by atoms with Crippen LogP contribution in [0.5, 0.6) is 0 Å². The Morgan fingerprint density at radius 3 is 3.12 bits per heavy atom. The summed E-state index contributed by atoms with van der Waals surface area (Å²) >= 11 is 0. The number of nitrogens with one attached hydrogen (secondary N) is 1. The SMILES string of the molecule is CC(CC#N)N1CCCC(C(=O)NCCN)C1. The van der Waals surface area contributed by atoms with Gasteiger partial charge in [0.2, 0.25) is 5.91 Å². The molecule has 0 radical (unpaired) electrons. The van der Waals surface area contributed by atoms with Gasteiger partial charge < -0.3 is 11.1 Å². The van der Waals surface area contributed by atoms with Gasteiger partial charge in [0.15, 0.2) is 0 Å². The number of piperidine rings is 1. The van der Waals surface area contributed by atoms with Gasteiger partial charge in [-0.2, -0.15) is 5.26 Å². The van der Waals surface area contributed by atoms with Crippen LogP contribution in [0.15, 0.2) is 0 Å². The predicted octanol–water partition coefficient (Wildman–Crippen LogP) is 0.0755. The lowest BCUT2D eigenvalue weighted by Gasteiger charge is -2.35. The fourth-order valence-corrected chi connectivity index (χ4v) is 2.22. The Labute approximate surface area is 103 Å². The van der Waals surface area contributed by atoms with E-state index in [1.165, 1.54) is 0 Å². The first-order valence-corrected chi connectivity index (χ1v) is 6.27. The monoisotopic (exact) mass is 238 g/mol. The van der Waals surface area contributed by atoms with Crippen molar-refractivity contribution >= 4 is 5.91 Å². The molecule has 1 rings (SSSR count). The second-order valence-electron chi connectivity index (χ2n) is 4.63. The first kappa shape index (κ1) is 13.9. The summed E-state index contributed by atoms with van der Waals surface area (Å²) < 4.78 is 0. The molecule has 3 N–H and O–H groups in total. The molecular weight excluding hydrogens is 216 g/mol. The van der Waals surface area contributed by atoms with Gasteiger partial charge in [0.05, 0.1) is 18.4 Å². The van der Waals surface area contributed by atoms with E-state index in [9.17, 15) is 4.79 Å². The van der Waals surface area contributed by atoms with E-state index in [1.807, 2.05) is 6.92 Å².